The van der Waals surface area contributed by atoms with Crippen LogP contribution in [0.2, 0.25) is 0 Å². The molecule has 1 unspecified atom stereocenters. The molecule has 0 radical (unpaired) electrons. The van der Waals surface area contributed by atoms with Crippen LogP contribution in [0, 0.1) is 11.8 Å². The van der Waals surface area contributed by atoms with Crippen LogP contribution >= 0.6 is 11.6 Å². The fourth-order valence-electron chi connectivity index (χ4n) is 0.570. The summed E-state index contributed by atoms with van der Waals surface area (Å²) in [6.07, 6.45) is 1.79. The van der Waals surface area contributed by atoms with Crippen molar-refractivity contribution >= 4 is 11.6 Å². The Labute approximate surface area is 68.3 Å². The van der Waals surface area contributed by atoms with E-state index in [1.54, 1.807) is 0 Å². The van der Waals surface area contributed by atoms with Crippen LogP contribution in [0.15, 0.2) is 12.2 Å². The van der Waals surface area contributed by atoms with Crippen molar-refractivity contribution in [3.8, 4) is 11.8 Å². The molecule has 0 aromatic carbocycles. The Bertz CT molecular complexity index is 159. The smallest absolute Gasteiger partial charge is 0.0549 e. The molecule has 0 amide bonds. The van der Waals surface area contributed by atoms with Crippen molar-refractivity contribution in [3.05, 3.63) is 12.2 Å². The fourth-order valence-corrected chi connectivity index (χ4v) is 0.679. The monoisotopic (exact) mass is 156 g/mol. The summed E-state index contributed by atoms with van der Waals surface area (Å²) in [7, 11) is 0. The third-order valence-corrected chi connectivity index (χ3v) is 1.83. The third kappa shape index (κ3) is 4.47. The predicted molar refractivity (Wildman–Crippen MR) is 47.1 cm³/mol. The maximum atomic E-state index is 5.88. The average Bonchev–Trinajstić information content (AvgIpc) is 1.88. The van der Waals surface area contributed by atoms with Gasteiger partial charge in [-0.25, -0.2) is 0 Å². The van der Waals surface area contributed by atoms with E-state index < -0.39 is 0 Å². The maximum Gasteiger partial charge on any atom is 0.0549 e. The van der Waals surface area contributed by atoms with E-state index >= 15 is 0 Å². The highest BCUT2D eigenvalue weighted by atomic mass is 35.5. The molecule has 10 heavy (non-hydrogen) atoms. The van der Waals surface area contributed by atoms with Crippen LogP contribution in [0.3, 0.4) is 0 Å². The molecule has 0 aromatic heterocycles. The molecule has 0 rings (SSSR count). The maximum absolute atomic E-state index is 5.88. The summed E-state index contributed by atoms with van der Waals surface area (Å²) in [5, 5.41) is 0.0980. The summed E-state index contributed by atoms with van der Waals surface area (Å²) in [4.78, 5) is 0. The van der Waals surface area contributed by atoms with Gasteiger partial charge in [-0.3, -0.25) is 0 Å². The molecule has 0 spiro atoms. The first kappa shape index (κ1) is 9.59. The Morgan fingerprint density at radius 3 is 2.70 bits per heavy atom. The van der Waals surface area contributed by atoms with Crippen molar-refractivity contribution in [1.29, 1.82) is 0 Å². The molecule has 1 heteroatoms. The van der Waals surface area contributed by atoms with E-state index in [2.05, 4.69) is 18.4 Å². The van der Waals surface area contributed by atoms with Gasteiger partial charge in [0.25, 0.3) is 0 Å². The number of hydrogen-bond donors (Lipinski definition) is 0. The minimum absolute atomic E-state index is 0.0980. The van der Waals surface area contributed by atoms with Crippen molar-refractivity contribution in [2.75, 3.05) is 0 Å². The summed E-state index contributed by atoms with van der Waals surface area (Å²) in [5.74, 6) is 5.78. The molecule has 1 atom stereocenters. The summed E-state index contributed by atoms with van der Waals surface area (Å²) in [6, 6.07) is 0. The van der Waals surface area contributed by atoms with Gasteiger partial charge in [-0.15, -0.1) is 23.4 Å². The Kier molecular flexibility index (Phi) is 5.16. The van der Waals surface area contributed by atoms with Crippen molar-refractivity contribution < 1.29 is 0 Å². The van der Waals surface area contributed by atoms with Gasteiger partial charge in [0.2, 0.25) is 0 Å². The van der Waals surface area contributed by atoms with Crippen LogP contribution in [-0.4, -0.2) is 5.38 Å². The second-order valence-corrected chi connectivity index (χ2v) is 2.81. The van der Waals surface area contributed by atoms with E-state index in [0.717, 1.165) is 18.4 Å². The van der Waals surface area contributed by atoms with Gasteiger partial charge in [-0.05, 0) is 20.3 Å². The van der Waals surface area contributed by atoms with Gasteiger partial charge in [0.15, 0.2) is 0 Å². The second kappa shape index (κ2) is 5.38. The van der Waals surface area contributed by atoms with Crippen molar-refractivity contribution in [2.24, 2.45) is 0 Å². The van der Waals surface area contributed by atoms with Crippen LogP contribution < -0.4 is 0 Å². The molecule has 56 valence electrons. The van der Waals surface area contributed by atoms with E-state index in [-0.39, 0.29) is 5.38 Å². The Morgan fingerprint density at radius 1 is 1.70 bits per heavy atom. The van der Waals surface area contributed by atoms with Crippen molar-refractivity contribution in [2.45, 2.75) is 32.1 Å². The molecule has 0 nitrogen and oxygen atoms in total. The van der Waals surface area contributed by atoms with Crippen LogP contribution in [0.4, 0.5) is 0 Å². The van der Waals surface area contributed by atoms with Gasteiger partial charge in [0.05, 0.1) is 5.38 Å². The van der Waals surface area contributed by atoms with E-state index in [0.29, 0.717) is 0 Å². The number of alkyl halides is 1. The summed E-state index contributed by atoms with van der Waals surface area (Å²) in [5.41, 5.74) is 1.03. The lowest BCUT2D eigenvalue weighted by atomic mass is 10.1. The Hall–Kier alpha value is -0.410. The van der Waals surface area contributed by atoms with E-state index in [4.69, 9.17) is 11.6 Å². The first-order valence-corrected chi connectivity index (χ1v) is 3.81. The van der Waals surface area contributed by atoms with Crippen LogP contribution in [-0.2, 0) is 0 Å². The number of allylic oxidation sites excluding steroid dienone is 1. The molecule has 0 aliphatic carbocycles. The molecule has 0 aliphatic rings. The van der Waals surface area contributed by atoms with Crippen LogP contribution in [0.1, 0.15) is 26.7 Å². The standard InChI is InChI=1S/C9H13Cl/c1-4-5-6-7-9(10)8(2)3/h9H,2,6-7H2,1,3H3. The van der Waals surface area contributed by atoms with Crippen molar-refractivity contribution in [3.63, 3.8) is 0 Å². The molecule has 0 aromatic rings. The largest absolute Gasteiger partial charge is 0.118 e. The molecule has 0 fully saturated rings. The normalized spacial score (nSPS) is 11.5. The zero-order chi connectivity index (χ0) is 7.98. The SMILES string of the molecule is C=C(C)C(Cl)CCC#CC. The second-order valence-electron chi connectivity index (χ2n) is 2.28. The number of halogens is 1. The zero-order valence-electron chi connectivity index (χ0n) is 6.58. The van der Waals surface area contributed by atoms with Gasteiger partial charge >= 0.3 is 0 Å². The average molecular weight is 157 g/mol. The quantitative estimate of drug-likeness (QED) is 0.335. The minimum Gasteiger partial charge on any atom is -0.118 e. The molecular weight excluding hydrogens is 144 g/mol. The number of hydrogen-bond acceptors (Lipinski definition) is 0. The molecule has 0 saturated carbocycles. The Balaban J connectivity index is 3.46. The zero-order valence-corrected chi connectivity index (χ0v) is 7.33. The lowest BCUT2D eigenvalue weighted by Gasteiger charge is -2.04. The molecule has 0 bridgehead atoms. The molecular formula is C9H13Cl. The fraction of sp³-hybridized carbons (Fsp3) is 0.556. The van der Waals surface area contributed by atoms with Crippen LogP contribution in [0.25, 0.3) is 0 Å². The number of rotatable bonds is 3. The van der Waals surface area contributed by atoms with Gasteiger partial charge in [0.1, 0.15) is 0 Å². The third-order valence-electron chi connectivity index (χ3n) is 1.23. The van der Waals surface area contributed by atoms with Crippen molar-refractivity contribution in [1.82, 2.24) is 0 Å². The van der Waals surface area contributed by atoms with E-state index in [1.807, 2.05) is 13.8 Å². The topological polar surface area (TPSA) is 0 Å². The van der Waals surface area contributed by atoms with Gasteiger partial charge < -0.3 is 0 Å². The lowest BCUT2D eigenvalue weighted by molar-refractivity contribution is 0.857. The van der Waals surface area contributed by atoms with Gasteiger partial charge in [-0.1, -0.05) is 12.2 Å². The summed E-state index contributed by atoms with van der Waals surface area (Å²) < 4.78 is 0. The summed E-state index contributed by atoms with van der Waals surface area (Å²) in [6.45, 7) is 7.53. The summed E-state index contributed by atoms with van der Waals surface area (Å²) >= 11 is 5.88. The van der Waals surface area contributed by atoms with Crippen LogP contribution in [0.5, 0.6) is 0 Å². The Morgan fingerprint density at radius 2 is 2.30 bits per heavy atom. The lowest BCUT2D eigenvalue weighted by Crippen LogP contribution is -1.97. The van der Waals surface area contributed by atoms with E-state index in [1.165, 1.54) is 0 Å². The van der Waals surface area contributed by atoms with E-state index in [9.17, 15) is 0 Å². The van der Waals surface area contributed by atoms with Gasteiger partial charge in [-0.2, -0.15) is 0 Å². The molecule has 0 saturated heterocycles. The highest BCUT2D eigenvalue weighted by Crippen LogP contribution is 2.12. The molecule has 0 heterocycles. The highest BCUT2D eigenvalue weighted by molar-refractivity contribution is 6.22. The van der Waals surface area contributed by atoms with Gasteiger partial charge in [0, 0.05) is 6.42 Å². The predicted octanol–water partition coefficient (Wildman–Crippen LogP) is 2.97. The first-order valence-electron chi connectivity index (χ1n) is 3.37. The first-order chi connectivity index (χ1) is 4.68. The highest BCUT2D eigenvalue weighted by Gasteiger charge is 2.01. The molecule has 0 aliphatic heterocycles. The molecule has 0 N–H and O–H groups in total. The minimum atomic E-state index is 0.0980.